The fourth-order valence-electron chi connectivity index (χ4n) is 1.33. The second-order valence-corrected chi connectivity index (χ2v) is 3.06. The summed E-state index contributed by atoms with van der Waals surface area (Å²) in [5, 5.41) is 3.99. The zero-order chi connectivity index (χ0) is 10.8. The molecule has 6 heteroatoms. The molecule has 0 N–H and O–H groups in total. The van der Waals surface area contributed by atoms with Gasteiger partial charge in [0.05, 0.1) is 6.26 Å². The summed E-state index contributed by atoms with van der Waals surface area (Å²) in [5.74, 6) is 1.80. The second kappa shape index (κ2) is 3.58. The van der Waals surface area contributed by atoms with Crippen molar-refractivity contribution in [1.82, 2.24) is 24.7 Å². The van der Waals surface area contributed by atoms with Crippen LogP contribution in [0, 0.1) is 0 Å². The van der Waals surface area contributed by atoms with Crippen LogP contribution in [-0.4, -0.2) is 24.7 Å². The van der Waals surface area contributed by atoms with Gasteiger partial charge in [0.25, 0.3) is 0 Å². The molecule has 0 atom stereocenters. The molecule has 3 aromatic heterocycles. The van der Waals surface area contributed by atoms with Gasteiger partial charge in [-0.1, -0.05) is 0 Å². The third-order valence-electron chi connectivity index (χ3n) is 2.04. The number of hydrogen-bond acceptors (Lipinski definition) is 5. The van der Waals surface area contributed by atoms with Crippen molar-refractivity contribution >= 4 is 0 Å². The first-order chi connectivity index (χ1) is 7.93. The minimum absolute atomic E-state index is 0.526. The lowest BCUT2D eigenvalue weighted by atomic mass is 10.4. The largest absolute Gasteiger partial charge is 0.461 e. The summed E-state index contributed by atoms with van der Waals surface area (Å²) in [6.45, 7) is 0. The van der Waals surface area contributed by atoms with Crippen molar-refractivity contribution < 1.29 is 4.42 Å². The maximum atomic E-state index is 5.22. The van der Waals surface area contributed by atoms with E-state index in [1.54, 1.807) is 41.7 Å². The van der Waals surface area contributed by atoms with Gasteiger partial charge in [-0.25, -0.2) is 19.6 Å². The number of nitrogens with zero attached hydrogens (tertiary/aromatic N) is 5. The molecule has 16 heavy (non-hydrogen) atoms. The highest BCUT2D eigenvalue weighted by Crippen LogP contribution is 2.15. The fraction of sp³-hybridized carbons (Fsp3) is 0. The van der Waals surface area contributed by atoms with Gasteiger partial charge in [-0.3, -0.25) is 0 Å². The Bertz CT molecular complexity index is 524. The first-order valence-corrected chi connectivity index (χ1v) is 4.65. The van der Waals surface area contributed by atoms with Crippen LogP contribution in [0.4, 0.5) is 0 Å². The molecule has 3 aromatic rings. The highest BCUT2D eigenvalue weighted by molar-refractivity contribution is 5.47. The van der Waals surface area contributed by atoms with E-state index >= 15 is 0 Å². The normalized spacial score (nSPS) is 10.5. The molecule has 6 nitrogen and oxygen atoms in total. The molecule has 0 amide bonds. The van der Waals surface area contributed by atoms with Crippen LogP contribution < -0.4 is 0 Å². The van der Waals surface area contributed by atoms with Gasteiger partial charge in [0, 0.05) is 12.3 Å². The topological polar surface area (TPSA) is 69.6 Å². The Balaban J connectivity index is 2.07. The Morgan fingerprint density at radius 3 is 3.00 bits per heavy atom. The Morgan fingerprint density at radius 2 is 2.25 bits per heavy atom. The SMILES string of the molecule is c1coc(-c2nccc(-n3cncn3)n2)c1. The van der Waals surface area contributed by atoms with Gasteiger partial charge < -0.3 is 4.42 Å². The van der Waals surface area contributed by atoms with Gasteiger partial charge in [-0.2, -0.15) is 5.10 Å². The van der Waals surface area contributed by atoms with Gasteiger partial charge in [-0.15, -0.1) is 0 Å². The highest BCUT2D eigenvalue weighted by Gasteiger charge is 2.06. The van der Waals surface area contributed by atoms with Crippen LogP contribution >= 0.6 is 0 Å². The van der Waals surface area contributed by atoms with Gasteiger partial charge in [-0.05, 0) is 12.1 Å². The molecule has 0 spiro atoms. The molecule has 0 saturated heterocycles. The van der Waals surface area contributed by atoms with Crippen molar-refractivity contribution in [1.29, 1.82) is 0 Å². The highest BCUT2D eigenvalue weighted by atomic mass is 16.3. The van der Waals surface area contributed by atoms with Crippen molar-refractivity contribution in [3.05, 3.63) is 43.3 Å². The van der Waals surface area contributed by atoms with E-state index in [0.29, 0.717) is 17.4 Å². The van der Waals surface area contributed by atoms with Crippen LogP contribution in [0.25, 0.3) is 17.4 Å². The zero-order valence-electron chi connectivity index (χ0n) is 8.19. The smallest absolute Gasteiger partial charge is 0.197 e. The molecule has 78 valence electrons. The first kappa shape index (κ1) is 8.78. The third-order valence-corrected chi connectivity index (χ3v) is 2.04. The van der Waals surface area contributed by atoms with E-state index < -0.39 is 0 Å². The van der Waals surface area contributed by atoms with E-state index in [4.69, 9.17) is 4.42 Å². The molecule has 0 unspecified atom stereocenters. The van der Waals surface area contributed by atoms with E-state index in [1.807, 2.05) is 0 Å². The van der Waals surface area contributed by atoms with Crippen LogP contribution in [0.3, 0.4) is 0 Å². The van der Waals surface area contributed by atoms with E-state index in [0.717, 1.165) is 0 Å². The predicted octanol–water partition coefficient (Wildman–Crippen LogP) is 1.32. The average molecular weight is 213 g/mol. The summed E-state index contributed by atoms with van der Waals surface area (Å²) in [5.41, 5.74) is 0. The molecule has 0 bridgehead atoms. The lowest BCUT2D eigenvalue weighted by Gasteiger charge is -2.00. The maximum absolute atomic E-state index is 5.22. The molecule has 3 rings (SSSR count). The minimum Gasteiger partial charge on any atom is -0.461 e. The van der Waals surface area contributed by atoms with Crippen molar-refractivity contribution in [2.75, 3.05) is 0 Å². The number of aromatic nitrogens is 5. The summed E-state index contributed by atoms with van der Waals surface area (Å²) in [7, 11) is 0. The van der Waals surface area contributed by atoms with Gasteiger partial charge in [0.2, 0.25) is 0 Å². The third kappa shape index (κ3) is 1.46. The van der Waals surface area contributed by atoms with Crippen LogP contribution in [-0.2, 0) is 0 Å². The lowest BCUT2D eigenvalue weighted by Crippen LogP contribution is -1.99. The maximum Gasteiger partial charge on any atom is 0.197 e. The van der Waals surface area contributed by atoms with E-state index in [-0.39, 0.29) is 0 Å². The summed E-state index contributed by atoms with van der Waals surface area (Å²) < 4.78 is 6.79. The van der Waals surface area contributed by atoms with E-state index in [1.165, 1.54) is 6.33 Å². The minimum atomic E-state index is 0.526. The Morgan fingerprint density at radius 1 is 1.25 bits per heavy atom. The lowest BCUT2D eigenvalue weighted by molar-refractivity contribution is 0.576. The molecular formula is C10H7N5O. The summed E-state index contributed by atoms with van der Waals surface area (Å²) in [4.78, 5) is 12.3. The van der Waals surface area contributed by atoms with E-state index in [9.17, 15) is 0 Å². The monoisotopic (exact) mass is 213 g/mol. The summed E-state index contributed by atoms with van der Waals surface area (Å²) in [6.07, 6.45) is 6.27. The molecule has 0 radical (unpaired) electrons. The van der Waals surface area contributed by atoms with Crippen molar-refractivity contribution in [2.24, 2.45) is 0 Å². The van der Waals surface area contributed by atoms with E-state index in [2.05, 4.69) is 20.1 Å². The quantitative estimate of drug-likeness (QED) is 0.642. The molecule has 0 aliphatic carbocycles. The van der Waals surface area contributed by atoms with Crippen molar-refractivity contribution in [3.63, 3.8) is 0 Å². The van der Waals surface area contributed by atoms with Crippen LogP contribution in [0.5, 0.6) is 0 Å². The first-order valence-electron chi connectivity index (χ1n) is 4.65. The number of rotatable bonds is 2. The van der Waals surface area contributed by atoms with Crippen molar-refractivity contribution in [2.45, 2.75) is 0 Å². The average Bonchev–Trinajstić information content (AvgIpc) is 3.03. The number of furan rings is 1. The van der Waals surface area contributed by atoms with Crippen molar-refractivity contribution in [3.8, 4) is 17.4 Å². The van der Waals surface area contributed by atoms with Gasteiger partial charge >= 0.3 is 0 Å². The predicted molar refractivity (Wildman–Crippen MR) is 54.7 cm³/mol. The summed E-state index contributed by atoms with van der Waals surface area (Å²) in [6, 6.07) is 5.35. The van der Waals surface area contributed by atoms with Gasteiger partial charge in [0.1, 0.15) is 12.7 Å². The Kier molecular flexibility index (Phi) is 1.96. The molecule has 3 heterocycles. The van der Waals surface area contributed by atoms with Gasteiger partial charge in [0.15, 0.2) is 17.4 Å². The Hall–Kier alpha value is -2.50. The molecule has 0 saturated carbocycles. The van der Waals surface area contributed by atoms with Crippen LogP contribution in [0.15, 0.2) is 47.7 Å². The zero-order valence-corrected chi connectivity index (χ0v) is 8.19. The summed E-state index contributed by atoms with van der Waals surface area (Å²) >= 11 is 0. The Labute approximate surface area is 90.6 Å². The van der Waals surface area contributed by atoms with Crippen LogP contribution in [0.2, 0.25) is 0 Å². The number of hydrogen-bond donors (Lipinski definition) is 0. The fourth-order valence-corrected chi connectivity index (χ4v) is 1.33. The standard InChI is InChI=1S/C10H7N5O/c1-2-8(16-5-1)10-12-4-3-9(14-10)15-7-11-6-13-15/h1-7H. The molecular weight excluding hydrogens is 206 g/mol. The second-order valence-electron chi connectivity index (χ2n) is 3.06. The van der Waals surface area contributed by atoms with Crippen LogP contribution in [0.1, 0.15) is 0 Å². The molecule has 0 aromatic carbocycles. The molecule has 0 aliphatic heterocycles. The molecule has 0 aliphatic rings. The molecule has 0 fully saturated rings.